The van der Waals surface area contributed by atoms with Gasteiger partial charge in [-0.2, -0.15) is 0 Å². The first-order chi connectivity index (χ1) is 9.12. The van der Waals surface area contributed by atoms with Crippen LogP contribution in [0.4, 0.5) is 0 Å². The molecule has 0 bridgehead atoms. The van der Waals surface area contributed by atoms with Crippen LogP contribution in [0.25, 0.3) is 0 Å². The smallest absolute Gasteiger partial charge is 0.188 e. The summed E-state index contributed by atoms with van der Waals surface area (Å²) >= 11 is 0. The van der Waals surface area contributed by atoms with Crippen LogP contribution in [-0.2, 0) is 20.7 Å². The summed E-state index contributed by atoms with van der Waals surface area (Å²) in [5, 5.41) is 0. The topological polar surface area (TPSA) is 54.0 Å². The number of carbonyl (C=O) groups is 1. The maximum Gasteiger partial charge on any atom is 0.188 e. The number of carbonyl (C=O) groups excluding carboxylic acids is 1. The third kappa shape index (κ3) is 2.43. The fraction of sp³-hybridized carbons (Fsp3) is 0.500. The molecule has 5 heteroatoms. The summed E-state index contributed by atoms with van der Waals surface area (Å²) in [6.45, 7) is 1.51. The Hall–Kier alpha value is -1.59. The van der Waals surface area contributed by atoms with Crippen molar-refractivity contribution in [2.24, 2.45) is 0 Å². The average molecular weight is 266 g/mol. The molecular weight excluding hydrogens is 248 g/mol. The van der Waals surface area contributed by atoms with Gasteiger partial charge in [-0.3, -0.25) is 4.79 Å². The largest absolute Gasteiger partial charge is 0.496 e. The van der Waals surface area contributed by atoms with Gasteiger partial charge in [0, 0.05) is 19.1 Å². The predicted octanol–water partition coefficient (Wildman–Crippen LogP) is 1.88. The lowest BCUT2D eigenvalue weighted by molar-refractivity contribution is -0.176. The molecule has 0 spiro atoms. The Kier molecular flexibility index (Phi) is 4.07. The molecule has 0 fully saturated rings. The fourth-order valence-electron chi connectivity index (χ4n) is 2.33. The minimum Gasteiger partial charge on any atom is -0.496 e. The average Bonchev–Trinajstić information content (AvgIpc) is 2.44. The molecule has 1 aliphatic heterocycles. The van der Waals surface area contributed by atoms with E-state index in [1.54, 1.807) is 20.3 Å². The Morgan fingerprint density at radius 3 is 2.37 bits per heavy atom. The van der Waals surface area contributed by atoms with Crippen LogP contribution < -0.4 is 9.47 Å². The third-order valence-electron chi connectivity index (χ3n) is 3.29. The molecular formula is C14H18O5. The Bertz CT molecular complexity index is 483. The molecule has 104 valence electrons. The Balaban J connectivity index is 2.55. The van der Waals surface area contributed by atoms with Gasteiger partial charge in [-0.15, -0.1) is 0 Å². The Labute approximate surface area is 112 Å². The van der Waals surface area contributed by atoms with Gasteiger partial charge in [-0.1, -0.05) is 0 Å². The maximum absolute atomic E-state index is 11.6. The van der Waals surface area contributed by atoms with E-state index in [0.29, 0.717) is 17.9 Å². The maximum atomic E-state index is 11.6. The van der Waals surface area contributed by atoms with E-state index in [1.807, 2.05) is 6.07 Å². The molecule has 0 radical (unpaired) electrons. The van der Waals surface area contributed by atoms with Crippen LogP contribution >= 0.6 is 0 Å². The van der Waals surface area contributed by atoms with E-state index < -0.39 is 12.4 Å². The zero-order valence-electron chi connectivity index (χ0n) is 11.6. The fourth-order valence-corrected chi connectivity index (χ4v) is 2.33. The highest BCUT2D eigenvalue weighted by Crippen LogP contribution is 2.41. The van der Waals surface area contributed by atoms with Crippen molar-refractivity contribution in [3.63, 3.8) is 0 Å². The van der Waals surface area contributed by atoms with Gasteiger partial charge in [0.25, 0.3) is 0 Å². The number of hydrogen-bond donors (Lipinski definition) is 0. The molecule has 0 saturated carbocycles. The molecule has 1 heterocycles. The minimum atomic E-state index is -0.623. The van der Waals surface area contributed by atoms with Gasteiger partial charge in [-0.05, 0) is 19.1 Å². The van der Waals surface area contributed by atoms with Crippen molar-refractivity contribution in [2.75, 3.05) is 21.3 Å². The summed E-state index contributed by atoms with van der Waals surface area (Å²) in [6.07, 6.45) is -0.675. The molecule has 0 saturated heterocycles. The third-order valence-corrected chi connectivity index (χ3v) is 3.29. The predicted molar refractivity (Wildman–Crippen MR) is 68.6 cm³/mol. The van der Waals surface area contributed by atoms with Gasteiger partial charge < -0.3 is 18.9 Å². The van der Waals surface area contributed by atoms with Crippen LogP contribution in [0.2, 0.25) is 0 Å². The SMILES string of the molecule is COc1ccc(OC)c2c1CC(C(C)=O)OC2OC. The number of hydrogen-bond acceptors (Lipinski definition) is 5. The molecule has 1 aliphatic rings. The van der Waals surface area contributed by atoms with Crippen molar-refractivity contribution in [3.8, 4) is 11.5 Å². The molecule has 2 rings (SSSR count). The number of ether oxygens (including phenoxy) is 4. The number of Topliss-reactive ketones (excluding diaryl/α,β-unsaturated/α-hetero) is 1. The summed E-state index contributed by atoms with van der Waals surface area (Å²) in [4.78, 5) is 11.6. The van der Waals surface area contributed by atoms with Gasteiger partial charge in [0.05, 0.1) is 19.8 Å². The lowest BCUT2D eigenvalue weighted by Crippen LogP contribution is -2.33. The standard InChI is InChI=1S/C14H18O5/c1-8(15)12-7-9-10(16-2)5-6-11(17-3)13(9)14(18-4)19-12/h5-6,12,14H,7H2,1-4H3. The second-order valence-electron chi connectivity index (χ2n) is 4.37. The quantitative estimate of drug-likeness (QED) is 0.832. The lowest BCUT2D eigenvalue weighted by Gasteiger charge is -2.32. The highest BCUT2D eigenvalue weighted by Gasteiger charge is 2.34. The first-order valence-corrected chi connectivity index (χ1v) is 6.04. The molecule has 0 aromatic heterocycles. The van der Waals surface area contributed by atoms with Crippen molar-refractivity contribution < 1.29 is 23.7 Å². The number of ketones is 1. The van der Waals surface area contributed by atoms with Crippen LogP contribution in [0, 0.1) is 0 Å². The van der Waals surface area contributed by atoms with Crippen LogP contribution in [-0.4, -0.2) is 33.2 Å². The van der Waals surface area contributed by atoms with Crippen molar-refractivity contribution >= 4 is 5.78 Å². The van der Waals surface area contributed by atoms with Crippen molar-refractivity contribution in [3.05, 3.63) is 23.3 Å². The normalized spacial score (nSPS) is 21.7. The number of methoxy groups -OCH3 is 3. The van der Waals surface area contributed by atoms with Gasteiger partial charge in [0.2, 0.25) is 0 Å². The lowest BCUT2D eigenvalue weighted by atomic mass is 9.94. The molecule has 0 aliphatic carbocycles. The van der Waals surface area contributed by atoms with E-state index in [4.69, 9.17) is 18.9 Å². The van der Waals surface area contributed by atoms with Crippen molar-refractivity contribution in [2.45, 2.75) is 25.7 Å². The monoisotopic (exact) mass is 266 g/mol. The molecule has 0 amide bonds. The Morgan fingerprint density at radius 1 is 1.21 bits per heavy atom. The zero-order valence-corrected chi connectivity index (χ0v) is 11.6. The van der Waals surface area contributed by atoms with E-state index in [1.165, 1.54) is 14.0 Å². The summed E-state index contributed by atoms with van der Waals surface area (Å²) in [6, 6.07) is 3.63. The van der Waals surface area contributed by atoms with Gasteiger partial charge in [0.15, 0.2) is 12.1 Å². The van der Waals surface area contributed by atoms with E-state index >= 15 is 0 Å². The zero-order chi connectivity index (χ0) is 14.0. The van der Waals surface area contributed by atoms with Crippen LogP contribution in [0.1, 0.15) is 24.3 Å². The molecule has 2 unspecified atom stereocenters. The summed E-state index contributed by atoms with van der Waals surface area (Å²) in [5.41, 5.74) is 1.70. The summed E-state index contributed by atoms with van der Waals surface area (Å²) in [5.74, 6) is 1.36. The van der Waals surface area contributed by atoms with Gasteiger partial charge in [0.1, 0.15) is 17.6 Å². The van der Waals surface area contributed by atoms with Crippen LogP contribution in [0.15, 0.2) is 12.1 Å². The molecule has 2 atom stereocenters. The van der Waals surface area contributed by atoms with Crippen LogP contribution in [0.5, 0.6) is 11.5 Å². The summed E-state index contributed by atoms with van der Waals surface area (Å²) < 4.78 is 21.7. The van der Waals surface area contributed by atoms with Gasteiger partial charge in [-0.25, -0.2) is 0 Å². The van der Waals surface area contributed by atoms with Crippen molar-refractivity contribution in [1.82, 2.24) is 0 Å². The molecule has 19 heavy (non-hydrogen) atoms. The van der Waals surface area contributed by atoms with E-state index in [2.05, 4.69) is 0 Å². The highest BCUT2D eigenvalue weighted by molar-refractivity contribution is 5.81. The molecule has 1 aromatic carbocycles. The Morgan fingerprint density at radius 2 is 1.84 bits per heavy atom. The molecule has 1 aromatic rings. The summed E-state index contributed by atoms with van der Waals surface area (Å²) in [7, 11) is 4.73. The van der Waals surface area contributed by atoms with Crippen molar-refractivity contribution in [1.29, 1.82) is 0 Å². The number of benzene rings is 1. The molecule has 0 N–H and O–H groups in total. The second-order valence-corrected chi connectivity index (χ2v) is 4.37. The highest BCUT2D eigenvalue weighted by atomic mass is 16.7. The second kappa shape index (κ2) is 5.59. The number of fused-ring (bicyclic) bond motifs is 1. The van der Waals surface area contributed by atoms with Crippen LogP contribution in [0.3, 0.4) is 0 Å². The first-order valence-electron chi connectivity index (χ1n) is 6.04. The van der Waals surface area contributed by atoms with Gasteiger partial charge >= 0.3 is 0 Å². The van der Waals surface area contributed by atoms with E-state index in [0.717, 1.165) is 11.1 Å². The van der Waals surface area contributed by atoms with E-state index in [-0.39, 0.29) is 5.78 Å². The first kappa shape index (κ1) is 13.8. The molecule has 5 nitrogen and oxygen atoms in total. The number of rotatable bonds is 4. The minimum absolute atomic E-state index is 0.0300. The van der Waals surface area contributed by atoms with E-state index in [9.17, 15) is 4.79 Å².